The summed E-state index contributed by atoms with van der Waals surface area (Å²) in [7, 11) is 0. The van der Waals surface area contributed by atoms with Crippen LogP contribution in [0.15, 0.2) is 6.07 Å². The van der Waals surface area contributed by atoms with Crippen molar-refractivity contribution >= 4 is 11.8 Å². The van der Waals surface area contributed by atoms with Crippen LogP contribution < -0.4 is 16.6 Å². The number of rotatable bonds is 5. The van der Waals surface area contributed by atoms with Crippen LogP contribution in [0.3, 0.4) is 0 Å². The first-order chi connectivity index (χ1) is 7.67. The van der Waals surface area contributed by atoms with E-state index in [1.54, 1.807) is 0 Å². The van der Waals surface area contributed by atoms with Crippen molar-refractivity contribution in [2.45, 2.75) is 39.2 Å². The van der Waals surface area contributed by atoms with Crippen LogP contribution >= 0.6 is 0 Å². The fourth-order valence-electron chi connectivity index (χ4n) is 1.87. The maximum absolute atomic E-state index is 5.31. The molecule has 1 aromatic rings. The molecule has 1 heterocycles. The molecule has 0 radical (unpaired) electrons. The van der Waals surface area contributed by atoms with E-state index in [0.29, 0.717) is 12.0 Å². The summed E-state index contributed by atoms with van der Waals surface area (Å²) in [4.78, 5) is 8.41. The number of nitrogens with zero attached hydrogens (tertiary/aromatic N) is 2. The van der Waals surface area contributed by atoms with Gasteiger partial charge in [-0.05, 0) is 26.2 Å². The monoisotopic (exact) mass is 221 g/mol. The summed E-state index contributed by atoms with van der Waals surface area (Å²) in [5, 5.41) is 3.38. The van der Waals surface area contributed by atoms with Crippen LogP contribution in [0.5, 0.6) is 0 Å². The van der Waals surface area contributed by atoms with E-state index < -0.39 is 0 Å². The molecular formula is C11H19N5. The van der Waals surface area contributed by atoms with Gasteiger partial charge >= 0.3 is 0 Å². The smallest absolute Gasteiger partial charge is 0.239 e. The normalized spacial score (nSPS) is 16.9. The third-order valence-corrected chi connectivity index (χ3v) is 2.76. The molecule has 5 heteroatoms. The van der Waals surface area contributed by atoms with E-state index in [4.69, 9.17) is 5.84 Å². The number of nitrogens with two attached hydrogens (primary N) is 1. The highest BCUT2D eigenvalue weighted by atomic mass is 15.3. The van der Waals surface area contributed by atoms with Crippen molar-refractivity contribution in [2.24, 2.45) is 11.8 Å². The second-order valence-corrected chi connectivity index (χ2v) is 4.59. The maximum atomic E-state index is 5.31. The van der Waals surface area contributed by atoms with Crippen molar-refractivity contribution in [1.82, 2.24) is 9.97 Å². The van der Waals surface area contributed by atoms with Crippen LogP contribution in [0.1, 0.15) is 31.9 Å². The minimum atomic E-state index is 0.451. The van der Waals surface area contributed by atoms with E-state index in [1.807, 2.05) is 13.0 Å². The fraction of sp³-hybridized carbons (Fsp3) is 0.636. The van der Waals surface area contributed by atoms with Gasteiger partial charge in [-0.3, -0.25) is 5.43 Å². The van der Waals surface area contributed by atoms with E-state index in [9.17, 15) is 0 Å². The molecule has 0 spiro atoms. The first kappa shape index (κ1) is 11.1. The average Bonchev–Trinajstić information content (AvgIpc) is 3.00. The number of nitrogen functional groups attached to an aromatic ring is 1. The number of hydrogen-bond acceptors (Lipinski definition) is 5. The Morgan fingerprint density at radius 1 is 1.50 bits per heavy atom. The summed E-state index contributed by atoms with van der Waals surface area (Å²) in [6, 6.07) is 2.39. The van der Waals surface area contributed by atoms with Crippen LogP contribution in [-0.2, 0) is 0 Å². The third-order valence-electron chi connectivity index (χ3n) is 2.76. The number of aryl methyl sites for hydroxylation is 1. The first-order valence-corrected chi connectivity index (χ1v) is 5.76. The highest BCUT2D eigenvalue weighted by Crippen LogP contribution is 2.33. The predicted molar refractivity (Wildman–Crippen MR) is 65.0 cm³/mol. The third kappa shape index (κ3) is 3.06. The Labute approximate surface area is 95.8 Å². The molecule has 1 fully saturated rings. The average molecular weight is 221 g/mol. The zero-order valence-corrected chi connectivity index (χ0v) is 9.83. The van der Waals surface area contributed by atoms with Crippen molar-refractivity contribution in [3.05, 3.63) is 11.8 Å². The van der Waals surface area contributed by atoms with Gasteiger partial charge in [0, 0.05) is 17.8 Å². The molecule has 1 aliphatic carbocycles. The molecule has 2 rings (SSSR count). The largest absolute Gasteiger partial charge is 0.367 e. The van der Waals surface area contributed by atoms with Gasteiger partial charge in [0.1, 0.15) is 5.82 Å². The topological polar surface area (TPSA) is 75.9 Å². The molecule has 0 saturated heterocycles. The molecule has 16 heavy (non-hydrogen) atoms. The zero-order valence-electron chi connectivity index (χ0n) is 9.83. The fourth-order valence-corrected chi connectivity index (χ4v) is 1.87. The molecule has 1 unspecified atom stereocenters. The molecule has 0 amide bonds. The van der Waals surface area contributed by atoms with Gasteiger partial charge in [-0.2, -0.15) is 4.98 Å². The first-order valence-electron chi connectivity index (χ1n) is 5.76. The molecular weight excluding hydrogens is 202 g/mol. The second kappa shape index (κ2) is 4.65. The summed E-state index contributed by atoms with van der Waals surface area (Å²) in [6.45, 7) is 4.12. The van der Waals surface area contributed by atoms with E-state index >= 15 is 0 Å². The van der Waals surface area contributed by atoms with Gasteiger partial charge in [0.2, 0.25) is 5.95 Å². The predicted octanol–water partition coefficient (Wildman–Crippen LogP) is 1.67. The minimum absolute atomic E-state index is 0.451. The van der Waals surface area contributed by atoms with E-state index in [1.165, 1.54) is 19.3 Å². The maximum Gasteiger partial charge on any atom is 0.239 e. The molecule has 4 N–H and O–H groups in total. The number of aromatic nitrogens is 2. The van der Waals surface area contributed by atoms with Crippen LogP contribution in [0, 0.1) is 12.8 Å². The van der Waals surface area contributed by atoms with Crippen molar-refractivity contribution < 1.29 is 0 Å². The zero-order chi connectivity index (χ0) is 11.5. The number of hydrazine groups is 1. The van der Waals surface area contributed by atoms with Crippen molar-refractivity contribution in [2.75, 3.05) is 10.7 Å². The lowest BCUT2D eigenvalue weighted by Gasteiger charge is -2.14. The van der Waals surface area contributed by atoms with Crippen LogP contribution in [0.4, 0.5) is 11.8 Å². The Balaban J connectivity index is 1.98. The number of nitrogens with one attached hydrogen (secondary N) is 2. The van der Waals surface area contributed by atoms with Gasteiger partial charge in [-0.25, -0.2) is 10.8 Å². The Morgan fingerprint density at radius 3 is 2.88 bits per heavy atom. The second-order valence-electron chi connectivity index (χ2n) is 4.59. The van der Waals surface area contributed by atoms with Gasteiger partial charge in [0.15, 0.2) is 0 Å². The quantitative estimate of drug-likeness (QED) is 0.521. The summed E-state index contributed by atoms with van der Waals surface area (Å²) in [5.74, 6) is 7.52. The SMILES string of the molecule is Cc1cc(NC(C)CC2CC2)nc(NN)n1. The Bertz CT molecular complexity index is 361. The molecule has 5 nitrogen and oxygen atoms in total. The van der Waals surface area contributed by atoms with Gasteiger partial charge in [0.25, 0.3) is 0 Å². The van der Waals surface area contributed by atoms with Crippen LogP contribution in [0.25, 0.3) is 0 Å². The standard InChI is InChI=1S/C11H19N5/c1-7(5-9-3-4-9)13-10-6-8(2)14-11(15-10)16-12/h6-7,9H,3-5,12H2,1-2H3,(H2,13,14,15,16). The number of hydrogen-bond donors (Lipinski definition) is 3. The summed E-state index contributed by atoms with van der Waals surface area (Å²) < 4.78 is 0. The molecule has 1 aromatic heterocycles. The minimum Gasteiger partial charge on any atom is -0.367 e. The lowest BCUT2D eigenvalue weighted by atomic mass is 10.1. The van der Waals surface area contributed by atoms with Gasteiger partial charge in [0.05, 0.1) is 0 Å². The van der Waals surface area contributed by atoms with Crippen molar-refractivity contribution in [3.8, 4) is 0 Å². The molecule has 1 atom stereocenters. The Hall–Kier alpha value is -1.36. The molecule has 0 bridgehead atoms. The van der Waals surface area contributed by atoms with E-state index in [2.05, 4.69) is 27.6 Å². The Morgan fingerprint density at radius 2 is 2.25 bits per heavy atom. The van der Waals surface area contributed by atoms with Gasteiger partial charge in [-0.15, -0.1) is 0 Å². The summed E-state index contributed by atoms with van der Waals surface area (Å²) >= 11 is 0. The number of anilines is 2. The Kier molecular flexibility index (Phi) is 3.24. The summed E-state index contributed by atoms with van der Waals surface area (Å²) in [5.41, 5.74) is 3.38. The molecule has 1 aliphatic rings. The van der Waals surface area contributed by atoms with Crippen molar-refractivity contribution in [3.63, 3.8) is 0 Å². The van der Waals surface area contributed by atoms with E-state index in [0.717, 1.165) is 17.4 Å². The highest BCUT2D eigenvalue weighted by molar-refractivity contribution is 5.42. The van der Waals surface area contributed by atoms with Gasteiger partial charge < -0.3 is 5.32 Å². The lowest BCUT2D eigenvalue weighted by Crippen LogP contribution is -2.18. The molecule has 1 saturated carbocycles. The van der Waals surface area contributed by atoms with E-state index in [-0.39, 0.29) is 0 Å². The lowest BCUT2D eigenvalue weighted by molar-refractivity contribution is 0.640. The summed E-state index contributed by atoms with van der Waals surface area (Å²) in [6.07, 6.45) is 3.98. The highest BCUT2D eigenvalue weighted by Gasteiger charge is 2.23. The van der Waals surface area contributed by atoms with Crippen LogP contribution in [0.2, 0.25) is 0 Å². The molecule has 0 aliphatic heterocycles. The van der Waals surface area contributed by atoms with Gasteiger partial charge in [-0.1, -0.05) is 12.8 Å². The van der Waals surface area contributed by atoms with Crippen molar-refractivity contribution in [1.29, 1.82) is 0 Å². The molecule has 88 valence electrons. The molecule has 0 aromatic carbocycles. The van der Waals surface area contributed by atoms with Crippen LogP contribution in [-0.4, -0.2) is 16.0 Å².